The SMILES string of the molecule is CS(=O)(=O)c1ccc2c(c1)C(=O)N(c1nnc(C(=O)Nc3cnccc3N3CCNCC3)s1)C2. The Balaban J connectivity index is 1.34. The van der Waals surface area contributed by atoms with E-state index in [2.05, 4.69) is 30.7 Å². The van der Waals surface area contributed by atoms with Gasteiger partial charge < -0.3 is 15.5 Å². The van der Waals surface area contributed by atoms with Gasteiger partial charge in [-0.3, -0.25) is 19.5 Å². The van der Waals surface area contributed by atoms with Crippen molar-refractivity contribution in [2.75, 3.05) is 47.6 Å². The summed E-state index contributed by atoms with van der Waals surface area (Å²) in [5, 5.41) is 14.5. The van der Waals surface area contributed by atoms with E-state index in [1.54, 1.807) is 18.5 Å². The van der Waals surface area contributed by atoms with Crippen LogP contribution in [0.1, 0.15) is 25.7 Å². The van der Waals surface area contributed by atoms with Crippen molar-refractivity contribution in [1.82, 2.24) is 20.5 Å². The molecule has 1 saturated heterocycles. The molecule has 34 heavy (non-hydrogen) atoms. The number of amides is 2. The highest BCUT2D eigenvalue weighted by Gasteiger charge is 2.32. The molecule has 0 atom stereocenters. The van der Waals surface area contributed by atoms with Gasteiger partial charge in [-0.2, -0.15) is 0 Å². The lowest BCUT2D eigenvalue weighted by atomic mass is 10.1. The van der Waals surface area contributed by atoms with Gasteiger partial charge in [-0.05, 0) is 23.8 Å². The van der Waals surface area contributed by atoms with E-state index >= 15 is 0 Å². The minimum absolute atomic E-state index is 0.0792. The molecule has 2 N–H and O–H groups in total. The van der Waals surface area contributed by atoms with Crippen LogP contribution >= 0.6 is 11.3 Å². The van der Waals surface area contributed by atoms with Crippen LogP contribution in [0.4, 0.5) is 16.5 Å². The van der Waals surface area contributed by atoms with Gasteiger partial charge in [0, 0.05) is 44.2 Å². The van der Waals surface area contributed by atoms with E-state index in [0.717, 1.165) is 49.5 Å². The maximum atomic E-state index is 12.9. The number of hydrogen-bond donors (Lipinski definition) is 2. The van der Waals surface area contributed by atoms with Crippen molar-refractivity contribution in [2.24, 2.45) is 0 Å². The zero-order valence-electron chi connectivity index (χ0n) is 18.2. The fourth-order valence-electron chi connectivity index (χ4n) is 3.92. The van der Waals surface area contributed by atoms with Crippen LogP contribution in [0.3, 0.4) is 0 Å². The van der Waals surface area contributed by atoms with Gasteiger partial charge in [-0.15, -0.1) is 10.2 Å². The third-order valence-corrected chi connectivity index (χ3v) is 7.71. The van der Waals surface area contributed by atoms with Gasteiger partial charge >= 0.3 is 0 Å². The molecule has 0 spiro atoms. The molecule has 0 unspecified atom stereocenters. The van der Waals surface area contributed by atoms with Crippen LogP contribution in [0.5, 0.6) is 0 Å². The minimum atomic E-state index is -3.44. The number of carbonyl (C=O) groups excluding carboxylic acids is 2. The Kier molecular flexibility index (Phi) is 5.75. The van der Waals surface area contributed by atoms with Gasteiger partial charge in [0.25, 0.3) is 11.8 Å². The molecule has 1 fully saturated rings. The average molecular weight is 500 g/mol. The van der Waals surface area contributed by atoms with Crippen molar-refractivity contribution in [3.63, 3.8) is 0 Å². The van der Waals surface area contributed by atoms with E-state index in [1.807, 2.05) is 6.07 Å². The number of piperazine rings is 1. The number of anilines is 3. The molecule has 13 heteroatoms. The summed E-state index contributed by atoms with van der Waals surface area (Å²) >= 11 is 0.992. The van der Waals surface area contributed by atoms with E-state index in [-0.39, 0.29) is 27.5 Å². The molecule has 176 valence electrons. The lowest BCUT2D eigenvalue weighted by Gasteiger charge is -2.30. The van der Waals surface area contributed by atoms with Crippen molar-refractivity contribution < 1.29 is 18.0 Å². The van der Waals surface area contributed by atoms with Crippen LogP contribution in [-0.2, 0) is 16.4 Å². The molecule has 2 aromatic heterocycles. The first-order chi connectivity index (χ1) is 16.3. The average Bonchev–Trinajstić information content (AvgIpc) is 3.44. The number of hydrogen-bond acceptors (Lipinski definition) is 10. The second-order valence-electron chi connectivity index (χ2n) is 7.96. The molecule has 0 bridgehead atoms. The maximum absolute atomic E-state index is 12.9. The predicted molar refractivity (Wildman–Crippen MR) is 127 cm³/mol. The van der Waals surface area contributed by atoms with Crippen molar-refractivity contribution >= 4 is 49.5 Å². The lowest BCUT2D eigenvalue weighted by molar-refractivity contribution is 0.0994. The van der Waals surface area contributed by atoms with E-state index in [9.17, 15) is 18.0 Å². The largest absolute Gasteiger partial charge is 0.367 e. The number of carbonyl (C=O) groups is 2. The van der Waals surface area contributed by atoms with Gasteiger partial charge in [-0.25, -0.2) is 8.42 Å². The number of nitrogens with one attached hydrogen (secondary N) is 2. The number of aromatic nitrogens is 3. The first-order valence-electron chi connectivity index (χ1n) is 10.5. The Labute approximate surface area is 199 Å². The number of rotatable bonds is 5. The number of sulfone groups is 1. The summed E-state index contributed by atoms with van der Waals surface area (Å²) in [4.78, 5) is 33.6. The molecule has 2 amide bonds. The minimum Gasteiger partial charge on any atom is -0.367 e. The van der Waals surface area contributed by atoms with Crippen molar-refractivity contribution in [1.29, 1.82) is 0 Å². The first-order valence-corrected chi connectivity index (χ1v) is 13.2. The Hall–Kier alpha value is -3.42. The number of pyridine rings is 1. The van der Waals surface area contributed by atoms with Crippen molar-refractivity contribution in [3.8, 4) is 0 Å². The number of nitrogens with zero attached hydrogens (tertiary/aromatic N) is 5. The van der Waals surface area contributed by atoms with E-state index in [1.165, 1.54) is 17.0 Å². The molecule has 2 aliphatic rings. The third-order valence-electron chi connectivity index (χ3n) is 5.66. The Morgan fingerprint density at radius 3 is 2.74 bits per heavy atom. The summed E-state index contributed by atoms with van der Waals surface area (Å²) in [7, 11) is -3.44. The van der Waals surface area contributed by atoms with Gasteiger partial charge in [0.05, 0.1) is 29.0 Å². The first kappa shape index (κ1) is 22.4. The van der Waals surface area contributed by atoms with E-state index in [0.29, 0.717) is 16.8 Å². The van der Waals surface area contributed by atoms with Crippen molar-refractivity contribution in [3.05, 3.63) is 52.8 Å². The van der Waals surface area contributed by atoms with Gasteiger partial charge in [-0.1, -0.05) is 17.4 Å². The van der Waals surface area contributed by atoms with E-state index in [4.69, 9.17) is 0 Å². The van der Waals surface area contributed by atoms with Crippen molar-refractivity contribution in [2.45, 2.75) is 11.4 Å². The number of fused-ring (bicyclic) bond motifs is 1. The Morgan fingerprint density at radius 2 is 1.97 bits per heavy atom. The lowest BCUT2D eigenvalue weighted by Crippen LogP contribution is -2.43. The predicted octanol–water partition coefficient (Wildman–Crippen LogP) is 1.16. The second-order valence-corrected chi connectivity index (χ2v) is 10.9. The van der Waals surface area contributed by atoms with Crippen LogP contribution in [-0.4, -0.2) is 67.8 Å². The standard InChI is InChI=1S/C21H21N7O4S2/c1-34(31,32)14-3-2-13-12-28(20(30)15(13)10-14)21-26-25-19(33-21)18(29)24-16-11-23-5-4-17(16)27-8-6-22-7-9-27/h2-5,10-11,22H,6-9,12H2,1H3,(H,24,29). The van der Waals surface area contributed by atoms with Crippen LogP contribution in [0.2, 0.25) is 0 Å². The molecule has 4 heterocycles. The zero-order valence-corrected chi connectivity index (χ0v) is 19.8. The molecule has 0 aliphatic carbocycles. The maximum Gasteiger partial charge on any atom is 0.286 e. The quantitative estimate of drug-likeness (QED) is 0.530. The van der Waals surface area contributed by atoms with E-state index < -0.39 is 15.7 Å². The third kappa shape index (κ3) is 4.24. The van der Waals surface area contributed by atoms with Gasteiger partial charge in [0.15, 0.2) is 9.84 Å². The summed E-state index contributed by atoms with van der Waals surface area (Å²) in [6.07, 6.45) is 4.37. The molecule has 5 rings (SSSR count). The fraction of sp³-hybridized carbons (Fsp3) is 0.286. The summed E-state index contributed by atoms with van der Waals surface area (Å²) in [5.41, 5.74) is 2.44. The molecule has 11 nitrogen and oxygen atoms in total. The molecular formula is C21H21N7O4S2. The van der Waals surface area contributed by atoms with Crippen LogP contribution in [0.15, 0.2) is 41.6 Å². The summed E-state index contributed by atoms with van der Waals surface area (Å²) in [6.45, 7) is 3.56. The van der Waals surface area contributed by atoms with Gasteiger partial charge in [0.1, 0.15) is 0 Å². The second kappa shape index (κ2) is 8.74. The molecule has 0 saturated carbocycles. The molecule has 2 aliphatic heterocycles. The fourth-order valence-corrected chi connectivity index (χ4v) is 5.31. The topological polar surface area (TPSA) is 137 Å². The Morgan fingerprint density at radius 1 is 1.18 bits per heavy atom. The number of benzene rings is 1. The van der Waals surface area contributed by atoms with Crippen LogP contribution < -0.4 is 20.4 Å². The van der Waals surface area contributed by atoms with Crippen LogP contribution in [0.25, 0.3) is 0 Å². The highest BCUT2D eigenvalue weighted by molar-refractivity contribution is 7.90. The molecule has 3 aromatic rings. The summed E-state index contributed by atoms with van der Waals surface area (Å²) in [6, 6.07) is 6.34. The zero-order chi connectivity index (χ0) is 23.9. The highest BCUT2D eigenvalue weighted by atomic mass is 32.2. The molecular weight excluding hydrogens is 478 g/mol. The Bertz CT molecular complexity index is 1380. The normalized spacial score (nSPS) is 16.0. The monoisotopic (exact) mass is 499 g/mol. The smallest absolute Gasteiger partial charge is 0.286 e. The molecule has 0 radical (unpaired) electrons. The summed E-state index contributed by atoms with van der Waals surface area (Å²) in [5.74, 6) is -0.825. The summed E-state index contributed by atoms with van der Waals surface area (Å²) < 4.78 is 23.7. The highest BCUT2D eigenvalue weighted by Crippen LogP contribution is 2.32. The van der Waals surface area contributed by atoms with Crippen LogP contribution in [0, 0.1) is 0 Å². The van der Waals surface area contributed by atoms with Gasteiger partial charge in [0.2, 0.25) is 10.1 Å². The molecule has 1 aromatic carbocycles.